The fraction of sp³-hybridized carbons (Fsp3) is 0.273. The van der Waals surface area contributed by atoms with Gasteiger partial charge in [0.25, 0.3) is 5.91 Å². The highest BCUT2D eigenvalue weighted by Crippen LogP contribution is 2.25. The molecule has 0 atom stereocenters. The summed E-state index contributed by atoms with van der Waals surface area (Å²) in [5.74, 6) is -1.29. The Kier molecular flexibility index (Phi) is 3.83. The van der Waals surface area contributed by atoms with Crippen LogP contribution >= 0.6 is 11.3 Å². The largest absolute Gasteiger partial charge is 0.275 e. The lowest BCUT2D eigenvalue weighted by Gasteiger charge is -2.12. The Morgan fingerprint density at radius 3 is 2.74 bits per heavy atom. The van der Waals surface area contributed by atoms with Crippen LogP contribution in [-0.2, 0) is 19.5 Å². The lowest BCUT2D eigenvalue weighted by molar-refractivity contribution is -0.165. The maximum atomic E-state index is 12.1. The van der Waals surface area contributed by atoms with E-state index >= 15 is 0 Å². The Balaban J connectivity index is 2.31. The van der Waals surface area contributed by atoms with Gasteiger partial charge in [0, 0.05) is 7.05 Å². The second kappa shape index (κ2) is 5.24. The van der Waals surface area contributed by atoms with Gasteiger partial charge in [-0.25, -0.2) is 18.5 Å². The number of hydroxylamine groups is 2. The van der Waals surface area contributed by atoms with E-state index in [1.807, 2.05) is 0 Å². The maximum Gasteiger partial charge on any atom is 0.261 e. The number of amides is 1. The van der Waals surface area contributed by atoms with Crippen LogP contribution in [0.15, 0.2) is 28.6 Å². The van der Waals surface area contributed by atoms with Crippen LogP contribution in [0.2, 0.25) is 0 Å². The van der Waals surface area contributed by atoms with E-state index < -0.39 is 21.5 Å². The average molecular weight is 300 g/mol. The summed E-state index contributed by atoms with van der Waals surface area (Å²) in [6.07, 6.45) is 0. The first kappa shape index (κ1) is 13.9. The van der Waals surface area contributed by atoms with Crippen LogP contribution in [0.4, 0.5) is 0 Å². The Morgan fingerprint density at radius 2 is 2.11 bits per heavy atom. The normalized spacial score (nSPS) is 11.7. The Hall–Kier alpha value is -1.51. The summed E-state index contributed by atoms with van der Waals surface area (Å²) in [5, 5.41) is 0.880. The molecule has 0 radical (unpaired) electrons. The van der Waals surface area contributed by atoms with E-state index in [0.717, 1.165) is 21.1 Å². The highest BCUT2D eigenvalue weighted by Gasteiger charge is 2.25. The van der Waals surface area contributed by atoms with E-state index in [-0.39, 0.29) is 4.34 Å². The van der Waals surface area contributed by atoms with Crippen LogP contribution in [-0.4, -0.2) is 44.3 Å². The van der Waals surface area contributed by atoms with Gasteiger partial charge in [-0.15, -0.1) is 11.3 Å². The molecule has 0 saturated carbocycles. The lowest BCUT2D eigenvalue weighted by atomic mass is 10.3. The molecule has 0 aliphatic rings. The Labute approximate surface area is 114 Å². The predicted molar refractivity (Wildman–Crippen MR) is 71.5 cm³/mol. The third-order valence-corrected chi connectivity index (χ3v) is 5.57. The van der Waals surface area contributed by atoms with Crippen molar-refractivity contribution in [1.29, 1.82) is 0 Å². The van der Waals surface area contributed by atoms with Crippen LogP contribution in [0, 0.1) is 0 Å². The lowest BCUT2D eigenvalue weighted by Crippen LogP contribution is -2.31. The second-order valence-corrected chi connectivity index (χ2v) is 6.97. The van der Waals surface area contributed by atoms with E-state index in [0.29, 0.717) is 5.52 Å². The number of hydrogen-bond acceptors (Lipinski definition) is 6. The SMILES string of the molecule is CON(C)C(=O)CS(=O)(=O)c1nc2ccccc2s1. The molecule has 0 aliphatic heterocycles. The minimum atomic E-state index is -3.74. The number of thiazole rings is 1. The number of para-hydroxylation sites is 1. The average Bonchev–Trinajstić information content (AvgIpc) is 2.81. The van der Waals surface area contributed by atoms with Gasteiger partial charge in [0.2, 0.25) is 14.2 Å². The molecule has 0 spiro atoms. The van der Waals surface area contributed by atoms with Crippen molar-refractivity contribution in [2.24, 2.45) is 0 Å². The molecule has 1 aromatic carbocycles. The smallest absolute Gasteiger partial charge is 0.261 e. The first-order chi connectivity index (χ1) is 8.94. The van der Waals surface area contributed by atoms with E-state index in [1.165, 1.54) is 14.2 Å². The fourth-order valence-corrected chi connectivity index (χ4v) is 3.92. The molecule has 8 heteroatoms. The first-order valence-electron chi connectivity index (χ1n) is 5.33. The molecule has 0 saturated heterocycles. The highest BCUT2D eigenvalue weighted by molar-refractivity contribution is 7.94. The maximum absolute atomic E-state index is 12.1. The highest BCUT2D eigenvalue weighted by atomic mass is 32.2. The fourth-order valence-electron chi connectivity index (χ4n) is 1.40. The number of nitrogens with zero attached hydrogens (tertiary/aromatic N) is 2. The number of sulfone groups is 1. The minimum Gasteiger partial charge on any atom is -0.275 e. The second-order valence-electron chi connectivity index (χ2n) is 3.78. The van der Waals surface area contributed by atoms with Crippen molar-refractivity contribution in [1.82, 2.24) is 10.0 Å². The van der Waals surface area contributed by atoms with Gasteiger partial charge >= 0.3 is 0 Å². The summed E-state index contributed by atoms with van der Waals surface area (Å²) in [7, 11) is -1.09. The third kappa shape index (κ3) is 2.91. The summed E-state index contributed by atoms with van der Waals surface area (Å²) in [6, 6.07) is 7.10. The molecule has 0 bridgehead atoms. The van der Waals surface area contributed by atoms with Gasteiger partial charge in [-0.3, -0.25) is 9.63 Å². The summed E-state index contributed by atoms with van der Waals surface area (Å²) >= 11 is 1.05. The molecule has 1 aromatic heterocycles. The summed E-state index contributed by atoms with van der Waals surface area (Å²) < 4.78 is 24.9. The van der Waals surface area contributed by atoms with E-state index in [4.69, 9.17) is 0 Å². The molecular weight excluding hydrogens is 288 g/mol. The molecule has 19 heavy (non-hydrogen) atoms. The number of fused-ring (bicyclic) bond motifs is 1. The van der Waals surface area contributed by atoms with Gasteiger partial charge in [-0.1, -0.05) is 12.1 Å². The molecular formula is C11H12N2O4S2. The van der Waals surface area contributed by atoms with Gasteiger partial charge in [-0.05, 0) is 12.1 Å². The van der Waals surface area contributed by atoms with Crippen molar-refractivity contribution < 1.29 is 18.0 Å². The number of carbonyl (C=O) groups is 1. The molecule has 1 amide bonds. The quantitative estimate of drug-likeness (QED) is 0.790. The van der Waals surface area contributed by atoms with Gasteiger partial charge in [0.1, 0.15) is 5.75 Å². The number of hydrogen-bond donors (Lipinski definition) is 0. The van der Waals surface area contributed by atoms with E-state index in [9.17, 15) is 13.2 Å². The molecule has 2 rings (SSSR count). The summed E-state index contributed by atoms with van der Waals surface area (Å²) in [4.78, 5) is 20.3. The number of rotatable bonds is 4. The van der Waals surface area contributed by atoms with Crippen molar-refractivity contribution in [3.63, 3.8) is 0 Å². The monoisotopic (exact) mass is 300 g/mol. The molecule has 0 aliphatic carbocycles. The van der Waals surface area contributed by atoms with Crippen molar-refractivity contribution in [3.05, 3.63) is 24.3 Å². The third-order valence-electron chi connectivity index (χ3n) is 2.48. The molecule has 0 unspecified atom stereocenters. The summed E-state index contributed by atoms with van der Waals surface area (Å²) in [6.45, 7) is 0. The summed E-state index contributed by atoms with van der Waals surface area (Å²) in [5.41, 5.74) is 0.610. The first-order valence-corrected chi connectivity index (χ1v) is 7.80. The number of aromatic nitrogens is 1. The van der Waals surface area contributed by atoms with Gasteiger partial charge in [0.15, 0.2) is 0 Å². The Morgan fingerprint density at radius 1 is 1.42 bits per heavy atom. The number of benzene rings is 1. The van der Waals surface area contributed by atoms with Crippen LogP contribution < -0.4 is 0 Å². The van der Waals surface area contributed by atoms with E-state index in [1.54, 1.807) is 24.3 Å². The van der Waals surface area contributed by atoms with Crippen molar-refractivity contribution in [2.75, 3.05) is 19.9 Å². The van der Waals surface area contributed by atoms with Gasteiger partial charge in [-0.2, -0.15) is 0 Å². The topological polar surface area (TPSA) is 76.6 Å². The van der Waals surface area contributed by atoms with Gasteiger partial charge < -0.3 is 0 Å². The van der Waals surface area contributed by atoms with Crippen LogP contribution in [0.3, 0.4) is 0 Å². The van der Waals surface area contributed by atoms with Crippen LogP contribution in [0.5, 0.6) is 0 Å². The number of carbonyl (C=O) groups excluding carboxylic acids is 1. The standard InChI is InChI=1S/C11H12N2O4S2/c1-13(17-2)10(14)7-19(15,16)11-12-8-5-3-4-6-9(8)18-11/h3-6H,7H2,1-2H3. The van der Waals surface area contributed by atoms with Crippen molar-refractivity contribution >= 4 is 37.3 Å². The molecule has 6 nitrogen and oxygen atoms in total. The molecule has 0 fully saturated rings. The molecule has 1 heterocycles. The van der Waals surface area contributed by atoms with E-state index in [2.05, 4.69) is 9.82 Å². The predicted octanol–water partition coefficient (Wildman–Crippen LogP) is 1.09. The molecule has 2 aromatic rings. The van der Waals surface area contributed by atoms with Crippen LogP contribution in [0.25, 0.3) is 10.2 Å². The molecule has 102 valence electrons. The Bertz CT molecular complexity index is 675. The zero-order valence-electron chi connectivity index (χ0n) is 10.4. The zero-order chi connectivity index (χ0) is 14.0. The minimum absolute atomic E-state index is 0.0495. The van der Waals surface area contributed by atoms with Crippen molar-refractivity contribution in [2.45, 2.75) is 4.34 Å². The van der Waals surface area contributed by atoms with Crippen molar-refractivity contribution in [3.8, 4) is 0 Å². The zero-order valence-corrected chi connectivity index (χ0v) is 12.0. The van der Waals surface area contributed by atoms with Gasteiger partial charge in [0.05, 0.1) is 17.3 Å². The van der Waals surface area contributed by atoms with Crippen LogP contribution in [0.1, 0.15) is 0 Å². The molecule has 0 N–H and O–H groups in total.